The highest BCUT2D eigenvalue weighted by atomic mass is 35.5. The van der Waals surface area contributed by atoms with Gasteiger partial charge < -0.3 is 10.1 Å². The first kappa shape index (κ1) is 12.7. The molecule has 0 bridgehead atoms. The van der Waals surface area contributed by atoms with Crippen molar-refractivity contribution in [1.29, 1.82) is 0 Å². The summed E-state index contributed by atoms with van der Waals surface area (Å²) in [7, 11) is 1.37. The van der Waals surface area contributed by atoms with Gasteiger partial charge in [0.25, 0.3) is 0 Å². The van der Waals surface area contributed by atoms with Gasteiger partial charge in [0.2, 0.25) is 0 Å². The lowest BCUT2D eigenvalue weighted by molar-refractivity contribution is -0.143. The van der Waals surface area contributed by atoms with E-state index in [1.165, 1.54) is 7.11 Å². The molecular weight excluding hydrogens is 261 g/mol. The molecule has 0 spiro atoms. The zero-order valence-corrected chi connectivity index (χ0v) is 11.1. The first-order valence-corrected chi connectivity index (χ1v) is 6.10. The van der Waals surface area contributed by atoms with Crippen molar-refractivity contribution in [2.24, 2.45) is 0 Å². The van der Waals surface area contributed by atoms with Crippen LogP contribution in [0.1, 0.15) is 30.0 Å². The standard InChI is InChI=1S/C12H13Cl2NO2/c1-6-5-15-11(12(16)17-2)7-3-4-8(13)10(14)9(6)7/h3-4,6,11,15H,5H2,1-2H3. The SMILES string of the molecule is COC(=O)C1NCC(C)c2c1ccc(Cl)c2Cl. The third-order valence-electron chi connectivity index (χ3n) is 3.04. The fraction of sp³-hybridized carbons (Fsp3) is 0.417. The van der Waals surface area contributed by atoms with Gasteiger partial charge in [-0.15, -0.1) is 0 Å². The largest absolute Gasteiger partial charge is 0.468 e. The van der Waals surface area contributed by atoms with Crippen molar-refractivity contribution < 1.29 is 9.53 Å². The predicted molar refractivity (Wildman–Crippen MR) is 67.6 cm³/mol. The number of rotatable bonds is 1. The average molecular weight is 274 g/mol. The lowest BCUT2D eigenvalue weighted by Gasteiger charge is -2.30. The number of hydrogen-bond acceptors (Lipinski definition) is 3. The number of carbonyl (C=O) groups is 1. The summed E-state index contributed by atoms with van der Waals surface area (Å²) >= 11 is 12.2. The molecule has 17 heavy (non-hydrogen) atoms. The molecule has 0 amide bonds. The van der Waals surface area contributed by atoms with Gasteiger partial charge in [-0.25, -0.2) is 4.79 Å². The smallest absolute Gasteiger partial charge is 0.327 e. The van der Waals surface area contributed by atoms with Crippen LogP contribution >= 0.6 is 23.2 Å². The second kappa shape index (κ2) is 4.84. The number of methoxy groups -OCH3 is 1. The maximum absolute atomic E-state index is 11.7. The minimum Gasteiger partial charge on any atom is -0.468 e. The zero-order valence-electron chi connectivity index (χ0n) is 9.59. The summed E-state index contributed by atoms with van der Waals surface area (Å²) in [5, 5.41) is 4.20. The second-order valence-electron chi connectivity index (χ2n) is 4.13. The molecule has 1 aliphatic heterocycles. The van der Waals surface area contributed by atoms with E-state index in [9.17, 15) is 4.79 Å². The Bertz CT molecular complexity index is 462. The van der Waals surface area contributed by atoms with Gasteiger partial charge in [0.05, 0.1) is 17.2 Å². The van der Waals surface area contributed by atoms with E-state index in [0.29, 0.717) is 16.6 Å². The molecule has 0 fully saturated rings. The molecular formula is C12H13Cl2NO2. The fourth-order valence-electron chi connectivity index (χ4n) is 2.17. The van der Waals surface area contributed by atoms with Crippen molar-refractivity contribution in [3.63, 3.8) is 0 Å². The van der Waals surface area contributed by atoms with Crippen molar-refractivity contribution in [1.82, 2.24) is 5.32 Å². The lowest BCUT2D eigenvalue weighted by Crippen LogP contribution is -2.37. The molecule has 1 heterocycles. The van der Waals surface area contributed by atoms with E-state index in [1.54, 1.807) is 6.07 Å². The summed E-state index contributed by atoms with van der Waals surface area (Å²) in [4.78, 5) is 11.7. The normalized spacial score (nSPS) is 23.1. The Balaban J connectivity index is 2.54. The van der Waals surface area contributed by atoms with Gasteiger partial charge in [-0.3, -0.25) is 0 Å². The Labute approximate surface area is 110 Å². The van der Waals surface area contributed by atoms with E-state index in [-0.39, 0.29) is 11.9 Å². The Morgan fingerprint density at radius 1 is 1.47 bits per heavy atom. The van der Waals surface area contributed by atoms with E-state index in [0.717, 1.165) is 11.1 Å². The van der Waals surface area contributed by atoms with Crippen molar-refractivity contribution in [3.8, 4) is 0 Å². The van der Waals surface area contributed by atoms with E-state index in [2.05, 4.69) is 5.32 Å². The molecule has 0 aromatic heterocycles. The zero-order chi connectivity index (χ0) is 12.6. The number of carbonyl (C=O) groups excluding carboxylic acids is 1. The van der Waals surface area contributed by atoms with Gasteiger partial charge in [0.1, 0.15) is 6.04 Å². The van der Waals surface area contributed by atoms with Crippen LogP contribution in [0.5, 0.6) is 0 Å². The van der Waals surface area contributed by atoms with E-state index >= 15 is 0 Å². The highest BCUT2D eigenvalue weighted by molar-refractivity contribution is 6.42. The summed E-state index contributed by atoms with van der Waals surface area (Å²) in [6.07, 6.45) is 0. The summed E-state index contributed by atoms with van der Waals surface area (Å²) in [6, 6.07) is 3.08. The number of benzene rings is 1. The van der Waals surface area contributed by atoms with Crippen molar-refractivity contribution in [2.75, 3.05) is 13.7 Å². The third kappa shape index (κ3) is 2.15. The van der Waals surface area contributed by atoms with Crippen LogP contribution in [-0.4, -0.2) is 19.6 Å². The minimum absolute atomic E-state index is 0.220. The van der Waals surface area contributed by atoms with Crippen molar-refractivity contribution >= 4 is 29.2 Å². The van der Waals surface area contributed by atoms with Crippen LogP contribution in [0, 0.1) is 0 Å². The lowest BCUT2D eigenvalue weighted by atomic mass is 9.87. The molecule has 1 aromatic rings. The number of halogens is 2. The third-order valence-corrected chi connectivity index (χ3v) is 3.85. The highest BCUT2D eigenvalue weighted by Crippen LogP contribution is 2.39. The molecule has 2 atom stereocenters. The van der Waals surface area contributed by atoms with Crippen molar-refractivity contribution in [3.05, 3.63) is 33.3 Å². The van der Waals surface area contributed by atoms with Gasteiger partial charge in [-0.1, -0.05) is 36.2 Å². The number of esters is 1. The summed E-state index contributed by atoms with van der Waals surface area (Å²) < 4.78 is 4.77. The highest BCUT2D eigenvalue weighted by Gasteiger charge is 2.32. The summed E-state index contributed by atoms with van der Waals surface area (Å²) in [6.45, 7) is 2.72. The Hall–Kier alpha value is -0.770. The van der Waals surface area contributed by atoms with Crippen LogP contribution in [0.4, 0.5) is 0 Å². The number of fused-ring (bicyclic) bond motifs is 1. The number of hydrogen-bond donors (Lipinski definition) is 1. The second-order valence-corrected chi connectivity index (χ2v) is 4.91. The Morgan fingerprint density at radius 3 is 2.82 bits per heavy atom. The van der Waals surface area contributed by atoms with E-state index in [1.807, 2.05) is 13.0 Å². The fourth-order valence-corrected chi connectivity index (χ4v) is 2.69. The molecule has 0 radical (unpaired) electrons. The Kier molecular flexibility index (Phi) is 3.61. The van der Waals surface area contributed by atoms with Crippen LogP contribution in [0.2, 0.25) is 10.0 Å². The van der Waals surface area contributed by atoms with Crippen LogP contribution in [0.15, 0.2) is 12.1 Å². The monoisotopic (exact) mass is 273 g/mol. The van der Waals surface area contributed by atoms with Crippen LogP contribution in [0.25, 0.3) is 0 Å². The topological polar surface area (TPSA) is 38.3 Å². The molecule has 0 saturated carbocycles. The summed E-state index contributed by atoms with van der Waals surface area (Å²) in [5.74, 6) is -0.0892. The first-order chi connectivity index (χ1) is 8.06. The molecule has 0 saturated heterocycles. The minimum atomic E-state index is -0.457. The molecule has 1 N–H and O–H groups in total. The van der Waals surface area contributed by atoms with Gasteiger partial charge in [-0.2, -0.15) is 0 Å². The molecule has 92 valence electrons. The van der Waals surface area contributed by atoms with E-state index < -0.39 is 6.04 Å². The molecule has 1 aromatic carbocycles. The van der Waals surface area contributed by atoms with Crippen LogP contribution in [0.3, 0.4) is 0 Å². The molecule has 1 aliphatic rings. The maximum Gasteiger partial charge on any atom is 0.327 e. The molecule has 3 nitrogen and oxygen atoms in total. The predicted octanol–water partition coefficient (Wildman–Crippen LogP) is 2.91. The molecule has 0 aliphatic carbocycles. The quantitative estimate of drug-likeness (QED) is 0.800. The van der Waals surface area contributed by atoms with Crippen molar-refractivity contribution in [2.45, 2.75) is 18.9 Å². The van der Waals surface area contributed by atoms with Crippen LogP contribution in [-0.2, 0) is 9.53 Å². The molecule has 5 heteroatoms. The van der Waals surface area contributed by atoms with Gasteiger partial charge >= 0.3 is 5.97 Å². The molecule has 2 rings (SSSR count). The van der Waals surface area contributed by atoms with Gasteiger partial charge in [0.15, 0.2) is 0 Å². The maximum atomic E-state index is 11.7. The first-order valence-electron chi connectivity index (χ1n) is 5.35. The van der Waals surface area contributed by atoms with Crippen LogP contribution < -0.4 is 5.32 Å². The summed E-state index contributed by atoms with van der Waals surface area (Å²) in [5.41, 5.74) is 1.79. The number of ether oxygens (including phenoxy) is 1. The van der Waals surface area contributed by atoms with E-state index in [4.69, 9.17) is 27.9 Å². The number of nitrogens with one attached hydrogen (secondary N) is 1. The Morgan fingerprint density at radius 2 is 2.18 bits per heavy atom. The van der Waals surface area contributed by atoms with Gasteiger partial charge in [0, 0.05) is 6.54 Å². The average Bonchev–Trinajstić information content (AvgIpc) is 2.33. The molecule has 2 unspecified atom stereocenters. The van der Waals surface area contributed by atoms with Gasteiger partial charge in [-0.05, 0) is 23.1 Å².